The van der Waals surface area contributed by atoms with Gasteiger partial charge in [0, 0.05) is 4.90 Å². The zero-order chi connectivity index (χ0) is 24.6. The number of aliphatic hydroxyl groups is 3. The fourth-order valence-corrected chi connectivity index (χ4v) is 4.95. The fraction of sp³-hybridized carbons (Fsp3) is 0.318. The van der Waals surface area contributed by atoms with Crippen molar-refractivity contribution < 1.29 is 38.0 Å². The molecule has 3 aromatic rings. The molecule has 2 aromatic carbocycles. The second kappa shape index (κ2) is 10.5. The van der Waals surface area contributed by atoms with E-state index in [0.29, 0.717) is 9.92 Å². The third kappa shape index (κ3) is 5.09. The van der Waals surface area contributed by atoms with E-state index in [1.807, 2.05) is 0 Å². The van der Waals surface area contributed by atoms with Crippen molar-refractivity contribution in [1.29, 1.82) is 0 Å². The predicted octanol–water partition coefficient (Wildman–Crippen LogP) is 3.49. The molecule has 12 heteroatoms. The van der Waals surface area contributed by atoms with Gasteiger partial charge in [-0.1, -0.05) is 35.0 Å². The number of hydrogen-bond acceptors (Lipinski definition) is 8. The normalized spacial score (nSPS) is 25.1. The van der Waals surface area contributed by atoms with Crippen molar-refractivity contribution >= 4 is 45.9 Å². The lowest BCUT2D eigenvalue weighted by atomic mass is 10.00. The van der Waals surface area contributed by atoms with Crippen LogP contribution in [0.2, 0.25) is 10.0 Å². The lowest BCUT2D eigenvalue weighted by Gasteiger charge is -2.41. The SMILES string of the molecule is O=c1oc2ccc(F)c(F)c2cc1COC1[C@@H](O)C(CO)O[C@H](Sc2ccc(Cl)c(Cl)c2)[C@H]1O. The van der Waals surface area contributed by atoms with Gasteiger partial charge in [-0.25, -0.2) is 13.6 Å². The minimum Gasteiger partial charge on any atom is -0.422 e. The smallest absolute Gasteiger partial charge is 0.341 e. The molecular formula is C22H18Cl2F2O7S. The lowest BCUT2D eigenvalue weighted by Crippen LogP contribution is -2.58. The van der Waals surface area contributed by atoms with Crippen molar-refractivity contribution in [2.75, 3.05) is 6.61 Å². The van der Waals surface area contributed by atoms with Gasteiger partial charge in [0.2, 0.25) is 0 Å². The first kappa shape index (κ1) is 25.3. The van der Waals surface area contributed by atoms with E-state index in [2.05, 4.69) is 0 Å². The van der Waals surface area contributed by atoms with Gasteiger partial charge in [-0.05, 0) is 36.4 Å². The highest BCUT2D eigenvalue weighted by Gasteiger charge is 2.45. The molecule has 7 nitrogen and oxygen atoms in total. The Morgan fingerprint density at radius 3 is 2.53 bits per heavy atom. The highest BCUT2D eigenvalue weighted by molar-refractivity contribution is 7.99. The summed E-state index contributed by atoms with van der Waals surface area (Å²) in [6, 6.07) is 7.83. The van der Waals surface area contributed by atoms with E-state index in [1.165, 1.54) is 0 Å². The summed E-state index contributed by atoms with van der Waals surface area (Å²) >= 11 is 13.0. The number of thioether (sulfide) groups is 1. The van der Waals surface area contributed by atoms with Crippen LogP contribution in [-0.2, 0) is 16.1 Å². The van der Waals surface area contributed by atoms with E-state index in [-0.39, 0.29) is 21.6 Å². The van der Waals surface area contributed by atoms with Crippen molar-refractivity contribution in [2.45, 2.75) is 41.4 Å². The first-order valence-electron chi connectivity index (χ1n) is 9.96. The Morgan fingerprint density at radius 2 is 1.82 bits per heavy atom. The van der Waals surface area contributed by atoms with Gasteiger partial charge >= 0.3 is 5.63 Å². The third-order valence-corrected chi connectivity index (χ3v) is 7.16. The molecule has 0 saturated carbocycles. The molecule has 1 fully saturated rings. The van der Waals surface area contributed by atoms with Crippen molar-refractivity contribution in [2.24, 2.45) is 0 Å². The summed E-state index contributed by atoms with van der Waals surface area (Å²) in [7, 11) is 0. The van der Waals surface area contributed by atoms with E-state index in [9.17, 15) is 28.9 Å². The van der Waals surface area contributed by atoms with Gasteiger partial charge in [0.1, 0.15) is 35.4 Å². The lowest BCUT2D eigenvalue weighted by molar-refractivity contribution is -0.223. The van der Waals surface area contributed by atoms with Crippen LogP contribution in [0, 0.1) is 11.6 Å². The summed E-state index contributed by atoms with van der Waals surface area (Å²) in [5.74, 6) is -2.30. The Balaban J connectivity index is 1.56. The van der Waals surface area contributed by atoms with E-state index >= 15 is 0 Å². The van der Waals surface area contributed by atoms with Crippen molar-refractivity contribution in [3.05, 3.63) is 74.1 Å². The molecule has 5 atom stereocenters. The van der Waals surface area contributed by atoms with Crippen LogP contribution in [0.5, 0.6) is 0 Å². The second-order valence-electron chi connectivity index (χ2n) is 7.51. The van der Waals surface area contributed by atoms with Crippen LogP contribution in [0.3, 0.4) is 0 Å². The minimum atomic E-state index is -1.45. The van der Waals surface area contributed by atoms with Gasteiger partial charge in [-0.3, -0.25) is 0 Å². The first-order valence-corrected chi connectivity index (χ1v) is 11.6. The third-order valence-electron chi connectivity index (χ3n) is 5.27. The monoisotopic (exact) mass is 534 g/mol. The van der Waals surface area contributed by atoms with E-state index in [0.717, 1.165) is 30.0 Å². The van der Waals surface area contributed by atoms with Gasteiger partial charge in [0.05, 0.1) is 34.2 Å². The van der Waals surface area contributed by atoms with E-state index < -0.39 is 60.3 Å². The molecule has 0 spiro atoms. The molecule has 4 rings (SSSR count). The number of rotatable bonds is 6. The molecule has 1 aliphatic heterocycles. The standard InChI is InChI=1S/C22H18Cl2F2O7S/c23-12-2-1-10(6-13(12)24)34-22-19(29)20(18(28)16(7-27)33-22)31-8-9-5-11-15(32-21(9)30)4-3-14(25)17(11)26/h1-6,16,18-20,22,27-29H,7-8H2/t16?,18-,19-,20?,22+/m0/s1. The molecule has 0 aliphatic carbocycles. The Kier molecular flexibility index (Phi) is 7.80. The Labute approximate surface area is 205 Å². The molecule has 2 unspecified atom stereocenters. The fourth-order valence-electron chi connectivity index (χ4n) is 3.49. The summed E-state index contributed by atoms with van der Waals surface area (Å²) in [6.07, 6.45) is -5.25. The quantitative estimate of drug-likeness (QED) is 0.412. The summed E-state index contributed by atoms with van der Waals surface area (Å²) in [6.45, 7) is -1.07. The van der Waals surface area contributed by atoms with Gasteiger partial charge in [-0.15, -0.1) is 0 Å². The maximum absolute atomic E-state index is 14.1. The Morgan fingerprint density at radius 1 is 1.06 bits per heavy atom. The van der Waals surface area contributed by atoms with Crippen LogP contribution in [0.15, 0.2) is 50.5 Å². The molecule has 182 valence electrons. The van der Waals surface area contributed by atoms with Gasteiger partial charge in [0.15, 0.2) is 11.6 Å². The maximum Gasteiger partial charge on any atom is 0.341 e. The molecule has 1 aliphatic rings. The molecule has 1 saturated heterocycles. The number of aliphatic hydroxyl groups excluding tert-OH is 3. The molecule has 0 bridgehead atoms. The minimum absolute atomic E-state index is 0.141. The van der Waals surface area contributed by atoms with Gasteiger partial charge in [-0.2, -0.15) is 0 Å². The maximum atomic E-state index is 14.1. The number of hydrogen-bond donors (Lipinski definition) is 3. The number of halogens is 4. The molecule has 0 amide bonds. The van der Waals surface area contributed by atoms with E-state index in [1.54, 1.807) is 18.2 Å². The van der Waals surface area contributed by atoms with Gasteiger partial charge in [0.25, 0.3) is 0 Å². The summed E-state index contributed by atoms with van der Waals surface area (Å²) in [5.41, 5.74) is -2.13. The topological polar surface area (TPSA) is 109 Å². The molecular weight excluding hydrogens is 517 g/mol. The van der Waals surface area contributed by atoms with Crippen molar-refractivity contribution in [3.8, 4) is 0 Å². The van der Waals surface area contributed by atoms with Crippen LogP contribution in [0.1, 0.15) is 5.56 Å². The molecule has 2 heterocycles. The van der Waals surface area contributed by atoms with Crippen LogP contribution in [0.25, 0.3) is 11.0 Å². The number of ether oxygens (including phenoxy) is 2. The molecule has 3 N–H and O–H groups in total. The van der Waals surface area contributed by atoms with Crippen LogP contribution in [0.4, 0.5) is 8.78 Å². The van der Waals surface area contributed by atoms with Crippen LogP contribution < -0.4 is 5.63 Å². The van der Waals surface area contributed by atoms with Crippen molar-refractivity contribution in [3.63, 3.8) is 0 Å². The summed E-state index contributed by atoms with van der Waals surface area (Å²) in [4.78, 5) is 12.9. The number of benzene rings is 2. The Bertz CT molecular complexity index is 1260. The van der Waals surface area contributed by atoms with Crippen molar-refractivity contribution in [1.82, 2.24) is 0 Å². The zero-order valence-electron chi connectivity index (χ0n) is 17.2. The number of fused-ring (bicyclic) bond motifs is 1. The summed E-state index contributed by atoms with van der Waals surface area (Å²) in [5, 5.41) is 31.3. The first-order chi connectivity index (χ1) is 16.2. The Hall–Kier alpha value is -1.76. The molecule has 0 radical (unpaired) electrons. The molecule has 1 aromatic heterocycles. The highest BCUT2D eigenvalue weighted by atomic mass is 35.5. The predicted molar refractivity (Wildman–Crippen MR) is 121 cm³/mol. The van der Waals surface area contributed by atoms with Crippen LogP contribution >= 0.6 is 35.0 Å². The van der Waals surface area contributed by atoms with Crippen LogP contribution in [-0.4, -0.2) is 51.8 Å². The van der Waals surface area contributed by atoms with Gasteiger partial charge < -0.3 is 29.2 Å². The molecule has 34 heavy (non-hydrogen) atoms. The van der Waals surface area contributed by atoms with E-state index in [4.69, 9.17) is 37.1 Å². The average Bonchev–Trinajstić information content (AvgIpc) is 2.81. The summed E-state index contributed by atoms with van der Waals surface area (Å²) < 4.78 is 43.9. The second-order valence-corrected chi connectivity index (χ2v) is 9.49. The zero-order valence-corrected chi connectivity index (χ0v) is 19.5. The largest absolute Gasteiger partial charge is 0.422 e. The highest BCUT2D eigenvalue weighted by Crippen LogP contribution is 2.37. The average molecular weight is 535 g/mol.